The van der Waals surface area contributed by atoms with Gasteiger partial charge >= 0.3 is 0 Å². The third-order valence-electron chi connectivity index (χ3n) is 5.09. The molecule has 4 rings (SSSR count). The molecule has 0 aliphatic heterocycles. The number of nitrogens with zero attached hydrogens (tertiary/aromatic N) is 2. The zero-order chi connectivity index (χ0) is 21.1. The Bertz CT molecular complexity index is 1040. The summed E-state index contributed by atoms with van der Waals surface area (Å²) in [7, 11) is 1.56. The predicted octanol–water partition coefficient (Wildman–Crippen LogP) is 2.83. The zero-order valence-electron chi connectivity index (χ0n) is 17.0. The molecule has 156 valence electrons. The van der Waals surface area contributed by atoms with E-state index in [9.17, 15) is 9.90 Å². The first-order chi connectivity index (χ1) is 14.6. The molecule has 2 heterocycles. The molecule has 0 saturated heterocycles. The molecule has 1 aliphatic carbocycles. The number of aromatic amines is 1. The molecule has 30 heavy (non-hydrogen) atoms. The lowest BCUT2D eigenvalue weighted by Gasteiger charge is -2.18. The molecule has 0 bridgehead atoms. The first-order valence-electron chi connectivity index (χ1n) is 9.92. The van der Waals surface area contributed by atoms with Crippen molar-refractivity contribution in [3.63, 3.8) is 0 Å². The number of para-hydroxylation sites is 1. The molecule has 1 atom stereocenters. The second-order valence-corrected chi connectivity index (χ2v) is 7.40. The molecule has 0 radical (unpaired) electrons. The molecule has 2 aromatic heterocycles. The van der Waals surface area contributed by atoms with Crippen molar-refractivity contribution >= 4 is 11.9 Å². The van der Waals surface area contributed by atoms with Crippen LogP contribution in [0.3, 0.4) is 0 Å². The normalized spacial score (nSPS) is 14.2. The fraction of sp³-hybridized carbons (Fsp3) is 0.318. The molecule has 8 heteroatoms. The summed E-state index contributed by atoms with van der Waals surface area (Å²) in [6.07, 6.45) is 5.81. The van der Waals surface area contributed by atoms with Gasteiger partial charge in [-0.25, -0.2) is 9.97 Å². The van der Waals surface area contributed by atoms with Crippen molar-refractivity contribution in [1.82, 2.24) is 20.3 Å². The van der Waals surface area contributed by atoms with Crippen LogP contribution in [0, 0.1) is 6.92 Å². The van der Waals surface area contributed by atoms with Crippen LogP contribution in [0.5, 0.6) is 5.75 Å². The van der Waals surface area contributed by atoms with Crippen LogP contribution in [-0.2, 0) is 0 Å². The van der Waals surface area contributed by atoms with Gasteiger partial charge in [-0.05, 0) is 37.5 Å². The summed E-state index contributed by atoms with van der Waals surface area (Å²) >= 11 is 0. The van der Waals surface area contributed by atoms with Gasteiger partial charge in [0.15, 0.2) is 0 Å². The summed E-state index contributed by atoms with van der Waals surface area (Å²) in [5.74, 6) is 0.882. The lowest BCUT2D eigenvalue weighted by atomic mass is 10.1. The maximum Gasteiger partial charge on any atom is 0.268 e. The number of nitrogens with one attached hydrogen (secondary N) is 3. The standard InChI is InChI=1S/C22H25N5O3/c1-13-10-24-22(25-15-7-8-15)27-20(13)14-9-17(23-11-14)21(29)26-18(12-28)16-5-3-4-6-19(16)30-2/h3-6,9-11,15,18,23,28H,7-8,12H2,1-2H3,(H,26,29)(H,24,25,27). The fourth-order valence-corrected chi connectivity index (χ4v) is 3.29. The van der Waals surface area contributed by atoms with E-state index in [1.165, 1.54) is 0 Å². The van der Waals surface area contributed by atoms with Crippen molar-refractivity contribution in [2.45, 2.75) is 31.8 Å². The maximum atomic E-state index is 12.8. The minimum Gasteiger partial charge on any atom is -0.496 e. The van der Waals surface area contributed by atoms with E-state index in [4.69, 9.17) is 4.74 Å². The van der Waals surface area contributed by atoms with Crippen LogP contribution < -0.4 is 15.4 Å². The Hall–Kier alpha value is -3.39. The SMILES string of the molecule is COc1ccccc1C(CO)NC(=O)c1cc(-c2nc(NC3CC3)ncc2C)c[nH]1. The number of methoxy groups -OCH3 is 1. The number of benzene rings is 1. The largest absolute Gasteiger partial charge is 0.496 e. The highest BCUT2D eigenvalue weighted by atomic mass is 16.5. The summed E-state index contributed by atoms with van der Waals surface area (Å²) in [4.78, 5) is 24.8. The molecule has 3 aromatic rings. The van der Waals surface area contributed by atoms with Gasteiger partial charge in [-0.15, -0.1) is 0 Å². The molecule has 1 unspecified atom stereocenters. The molecule has 0 spiro atoms. The average molecular weight is 407 g/mol. The number of aliphatic hydroxyl groups is 1. The Morgan fingerprint density at radius 2 is 2.17 bits per heavy atom. The Kier molecular flexibility index (Phi) is 5.67. The van der Waals surface area contributed by atoms with Crippen molar-refractivity contribution < 1.29 is 14.6 Å². The van der Waals surface area contributed by atoms with Crippen LogP contribution in [0.25, 0.3) is 11.3 Å². The number of rotatable bonds is 8. The van der Waals surface area contributed by atoms with E-state index in [1.807, 2.05) is 25.1 Å². The van der Waals surface area contributed by atoms with Crippen molar-refractivity contribution in [2.24, 2.45) is 0 Å². The predicted molar refractivity (Wildman–Crippen MR) is 113 cm³/mol. The second kappa shape index (κ2) is 8.54. The smallest absolute Gasteiger partial charge is 0.268 e. The van der Waals surface area contributed by atoms with E-state index in [-0.39, 0.29) is 12.5 Å². The number of amides is 1. The highest BCUT2D eigenvalue weighted by Gasteiger charge is 2.23. The number of hydrogen-bond donors (Lipinski definition) is 4. The van der Waals surface area contributed by atoms with Crippen molar-refractivity contribution in [3.05, 3.63) is 59.5 Å². The zero-order valence-corrected chi connectivity index (χ0v) is 17.0. The van der Waals surface area contributed by atoms with Gasteiger partial charge in [0.05, 0.1) is 25.5 Å². The molecule has 1 aromatic carbocycles. The van der Waals surface area contributed by atoms with Crippen LogP contribution in [-0.4, -0.2) is 45.7 Å². The number of aliphatic hydroxyl groups excluding tert-OH is 1. The quantitative estimate of drug-likeness (QED) is 0.457. The summed E-state index contributed by atoms with van der Waals surface area (Å²) in [6.45, 7) is 1.69. The van der Waals surface area contributed by atoms with Gasteiger partial charge in [0.25, 0.3) is 5.91 Å². The number of aryl methyl sites for hydroxylation is 1. The molecule has 1 saturated carbocycles. The molecule has 1 fully saturated rings. The Morgan fingerprint density at radius 1 is 1.37 bits per heavy atom. The van der Waals surface area contributed by atoms with Crippen LogP contribution >= 0.6 is 0 Å². The van der Waals surface area contributed by atoms with Crippen LogP contribution in [0.15, 0.2) is 42.7 Å². The highest BCUT2D eigenvalue weighted by Crippen LogP contribution is 2.27. The van der Waals surface area contributed by atoms with E-state index in [2.05, 4.69) is 25.6 Å². The molecule has 1 amide bonds. The maximum absolute atomic E-state index is 12.8. The lowest BCUT2D eigenvalue weighted by molar-refractivity contribution is 0.0911. The van der Waals surface area contributed by atoms with Gasteiger partial charge in [0, 0.05) is 29.6 Å². The van der Waals surface area contributed by atoms with Crippen LogP contribution in [0.2, 0.25) is 0 Å². The van der Waals surface area contributed by atoms with E-state index in [1.54, 1.807) is 31.6 Å². The number of carbonyl (C=O) groups is 1. The van der Waals surface area contributed by atoms with Crippen LogP contribution in [0.1, 0.15) is 40.5 Å². The van der Waals surface area contributed by atoms with E-state index >= 15 is 0 Å². The minimum atomic E-state index is -0.587. The van der Waals surface area contributed by atoms with E-state index in [0.717, 1.165) is 29.7 Å². The summed E-state index contributed by atoms with van der Waals surface area (Å²) in [6, 6.07) is 8.91. The molecular weight excluding hydrogens is 382 g/mol. The number of ether oxygens (including phenoxy) is 1. The number of H-pyrrole nitrogens is 1. The molecule has 8 nitrogen and oxygen atoms in total. The van der Waals surface area contributed by atoms with Crippen LogP contribution in [0.4, 0.5) is 5.95 Å². The van der Waals surface area contributed by atoms with Gasteiger partial charge in [-0.1, -0.05) is 18.2 Å². The van der Waals surface area contributed by atoms with Gasteiger partial charge < -0.3 is 25.5 Å². The van der Waals surface area contributed by atoms with Gasteiger partial charge in [0.2, 0.25) is 5.95 Å². The Balaban J connectivity index is 1.52. The van der Waals surface area contributed by atoms with Crippen molar-refractivity contribution in [3.8, 4) is 17.0 Å². The third kappa shape index (κ3) is 4.28. The van der Waals surface area contributed by atoms with Gasteiger partial charge in [0.1, 0.15) is 11.4 Å². The lowest BCUT2D eigenvalue weighted by Crippen LogP contribution is -2.31. The average Bonchev–Trinajstić information content (AvgIpc) is 3.44. The van der Waals surface area contributed by atoms with Gasteiger partial charge in [-0.3, -0.25) is 4.79 Å². The monoisotopic (exact) mass is 407 g/mol. The Morgan fingerprint density at radius 3 is 2.90 bits per heavy atom. The summed E-state index contributed by atoms with van der Waals surface area (Å²) in [5.41, 5.74) is 3.59. The number of hydrogen-bond acceptors (Lipinski definition) is 6. The first-order valence-corrected chi connectivity index (χ1v) is 9.92. The number of carbonyl (C=O) groups excluding carboxylic acids is 1. The molecule has 4 N–H and O–H groups in total. The van der Waals surface area contributed by atoms with Gasteiger partial charge in [-0.2, -0.15) is 0 Å². The molecular formula is C22H25N5O3. The molecule has 1 aliphatic rings. The topological polar surface area (TPSA) is 112 Å². The third-order valence-corrected chi connectivity index (χ3v) is 5.09. The summed E-state index contributed by atoms with van der Waals surface area (Å²) < 4.78 is 5.34. The minimum absolute atomic E-state index is 0.249. The second-order valence-electron chi connectivity index (χ2n) is 7.40. The highest BCUT2D eigenvalue weighted by molar-refractivity contribution is 5.94. The Labute approximate surface area is 174 Å². The summed E-state index contributed by atoms with van der Waals surface area (Å²) in [5, 5.41) is 16.0. The van der Waals surface area contributed by atoms with E-state index < -0.39 is 6.04 Å². The van der Waals surface area contributed by atoms with Crippen molar-refractivity contribution in [1.29, 1.82) is 0 Å². The number of anilines is 1. The fourth-order valence-electron chi connectivity index (χ4n) is 3.29. The number of aromatic nitrogens is 3. The first kappa shape index (κ1) is 19.9. The van der Waals surface area contributed by atoms with Crippen molar-refractivity contribution in [2.75, 3.05) is 19.0 Å². The van der Waals surface area contributed by atoms with E-state index in [0.29, 0.717) is 29.0 Å².